The minimum absolute atomic E-state index is 0.144. The van der Waals surface area contributed by atoms with E-state index in [1.807, 2.05) is 43.0 Å². The van der Waals surface area contributed by atoms with E-state index in [1.165, 1.54) is 11.1 Å². The number of fused-ring (bicyclic) bond motifs is 2. The first-order chi connectivity index (χ1) is 17.5. The van der Waals surface area contributed by atoms with E-state index in [2.05, 4.69) is 51.7 Å². The highest BCUT2D eigenvalue weighted by molar-refractivity contribution is 5.80. The zero-order valence-electron chi connectivity index (χ0n) is 21.1. The molecule has 0 aliphatic carbocycles. The number of nitrogens with zero attached hydrogens (tertiary/aromatic N) is 5. The van der Waals surface area contributed by atoms with E-state index in [0.29, 0.717) is 19.1 Å². The van der Waals surface area contributed by atoms with Crippen LogP contribution in [0.4, 0.5) is 11.6 Å². The van der Waals surface area contributed by atoms with Gasteiger partial charge >= 0.3 is 0 Å². The van der Waals surface area contributed by atoms with Crippen LogP contribution in [0.15, 0.2) is 60.8 Å². The molecule has 1 aliphatic heterocycles. The number of amides is 1. The molecule has 1 amide bonds. The SMILES string of the molecule is COCc1ccccc1-c1cccn2nc(Nc3ccc4c(c3)CCN(CC(=O)N(C)C)CC4)nc12. The molecule has 1 aliphatic rings. The molecule has 4 aromatic rings. The summed E-state index contributed by atoms with van der Waals surface area (Å²) in [6, 6.07) is 18.7. The van der Waals surface area contributed by atoms with E-state index < -0.39 is 0 Å². The Kier molecular flexibility index (Phi) is 6.97. The van der Waals surface area contributed by atoms with E-state index in [0.717, 1.165) is 54.0 Å². The van der Waals surface area contributed by atoms with Gasteiger partial charge in [-0.1, -0.05) is 30.3 Å². The number of carbonyl (C=O) groups excluding carboxylic acids is 1. The van der Waals surface area contributed by atoms with Crippen molar-refractivity contribution in [2.75, 3.05) is 46.2 Å². The molecule has 0 saturated carbocycles. The normalized spacial score (nSPS) is 13.9. The van der Waals surface area contributed by atoms with Gasteiger partial charge in [0.2, 0.25) is 11.9 Å². The van der Waals surface area contributed by atoms with Crippen molar-refractivity contribution in [3.8, 4) is 11.1 Å². The van der Waals surface area contributed by atoms with Crippen LogP contribution < -0.4 is 5.32 Å². The second-order valence-electron chi connectivity index (χ2n) is 9.39. The highest BCUT2D eigenvalue weighted by Crippen LogP contribution is 2.29. The van der Waals surface area contributed by atoms with Gasteiger partial charge in [-0.05, 0) is 59.4 Å². The van der Waals surface area contributed by atoms with Crippen molar-refractivity contribution in [1.82, 2.24) is 24.4 Å². The van der Waals surface area contributed by atoms with Gasteiger partial charge in [-0.25, -0.2) is 4.52 Å². The molecule has 0 radical (unpaired) electrons. The number of hydrogen-bond donors (Lipinski definition) is 1. The number of likely N-dealkylation sites (N-methyl/N-ethyl adjacent to an activating group) is 1. The molecule has 1 N–H and O–H groups in total. The molecule has 8 nitrogen and oxygen atoms in total. The van der Waals surface area contributed by atoms with Crippen molar-refractivity contribution in [2.45, 2.75) is 19.4 Å². The Morgan fingerprint density at radius 3 is 2.61 bits per heavy atom. The van der Waals surface area contributed by atoms with Crippen LogP contribution >= 0.6 is 0 Å². The third-order valence-corrected chi connectivity index (χ3v) is 6.68. The second kappa shape index (κ2) is 10.5. The Morgan fingerprint density at radius 1 is 1.03 bits per heavy atom. The van der Waals surface area contributed by atoms with Crippen LogP contribution in [-0.2, 0) is 29.0 Å². The number of pyridine rings is 1. The number of hydrogen-bond acceptors (Lipinski definition) is 6. The maximum absolute atomic E-state index is 12.1. The van der Waals surface area contributed by atoms with Crippen molar-refractivity contribution < 1.29 is 9.53 Å². The lowest BCUT2D eigenvalue weighted by Gasteiger charge is -2.21. The molecule has 3 heterocycles. The van der Waals surface area contributed by atoms with Crippen molar-refractivity contribution in [2.24, 2.45) is 0 Å². The number of rotatable bonds is 7. The van der Waals surface area contributed by atoms with Gasteiger partial charge in [0, 0.05) is 51.7 Å². The van der Waals surface area contributed by atoms with Gasteiger partial charge in [0.1, 0.15) is 0 Å². The van der Waals surface area contributed by atoms with Crippen LogP contribution in [0.2, 0.25) is 0 Å². The Morgan fingerprint density at radius 2 is 1.81 bits per heavy atom. The lowest BCUT2D eigenvalue weighted by molar-refractivity contribution is -0.129. The molecule has 2 aromatic carbocycles. The predicted octanol–water partition coefficient (Wildman–Crippen LogP) is 3.78. The topological polar surface area (TPSA) is 75.0 Å². The van der Waals surface area contributed by atoms with Crippen molar-refractivity contribution in [3.05, 3.63) is 77.5 Å². The Balaban J connectivity index is 1.36. The van der Waals surface area contributed by atoms with Crippen LogP contribution in [0, 0.1) is 0 Å². The number of benzene rings is 2. The zero-order chi connectivity index (χ0) is 25.1. The monoisotopic (exact) mass is 484 g/mol. The molecule has 0 fully saturated rings. The summed E-state index contributed by atoms with van der Waals surface area (Å²) >= 11 is 0. The standard InChI is InChI=1S/C28H32N6O2/c1-32(2)26(35)18-33-15-12-20-10-11-23(17-21(20)13-16-33)29-28-30-27-25(9-6-14-34(27)31-28)24-8-5-4-7-22(24)19-36-3/h4-11,14,17H,12-13,15-16,18-19H2,1-3H3,(H,29,31). The number of nitrogens with one attached hydrogen (secondary N) is 1. The summed E-state index contributed by atoms with van der Waals surface area (Å²) in [5.41, 5.74) is 7.60. The van der Waals surface area contributed by atoms with Crippen LogP contribution in [0.1, 0.15) is 16.7 Å². The minimum Gasteiger partial charge on any atom is -0.380 e. The summed E-state index contributed by atoms with van der Waals surface area (Å²) in [7, 11) is 5.32. The minimum atomic E-state index is 0.144. The first-order valence-electron chi connectivity index (χ1n) is 12.3. The highest BCUT2D eigenvalue weighted by Gasteiger charge is 2.18. The third-order valence-electron chi connectivity index (χ3n) is 6.68. The molecule has 2 aromatic heterocycles. The fourth-order valence-corrected chi connectivity index (χ4v) is 4.70. The van der Waals surface area contributed by atoms with E-state index in [4.69, 9.17) is 9.72 Å². The van der Waals surface area contributed by atoms with E-state index in [9.17, 15) is 4.79 Å². The Bertz CT molecular complexity index is 1380. The number of ether oxygens (including phenoxy) is 1. The molecule has 36 heavy (non-hydrogen) atoms. The largest absolute Gasteiger partial charge is 0.380 e. The maximum Gasteiger partial charge on any atom is 0.247 e. The third kappa shape index (κ3) is 5.10. The van der Waals surface area contributed by atoms with Gasteiger partial charge in [0.25, 0.3) is 0 Å². The van der Waals surface area contributed by atoms with Gasteiger partial charge in [-0.15, -0.1) is 5.10 Å². The smallest absolute Gasteiger partial charge is 0.247 e. The summed E-state index contributed by atoms with van der Waals surface area (Å²) < 4.78 is 7.21. The Hall–Kier alpha value is -3.75. The number of anilines is 2. The van der Waals surface area contributed by atoms with Crippen LogP contribution in [-0.4, -0.2) is 71.1 Å². The van der Waals surface area contributed by atoms with Crippen LogP contribution in [0.3, 0.4) is 0 Å². The first-order valence-corrected chi connectivity index (χ1v) is 12.3. The highest BCUT2D eigenvalue weighted by atomic mass is 16.5. The summed E-state index contributed by atoms with van der Waals surface area (Å²) in [5, 5.41) is 8.07. The quantitative estimate of drug-likeness (QED) is 0.430. The van der Waals surface area contributed by atoms with Crippen LogP contribution in [0.5, 0.6) is 0 Å². The molecular weight excluding hydrogens is 452 g/mol. The molecule has 0 spiro atoms. The number of methoxy groups -OCH3 is 1. The van der Waals surface area contributed by atoms with Gasteiger partial charge in [-0.2, -0.15) is 4.98 Å². The Labute approximate surface area is 211 Å². The average Bonchev–Trinajstić information content (AvgIpc) is 3.18. The zero-order valence-corrected chi connectivity index (χ0v) is 21.1. The molecule has 0 saturated heterocycles. The maximum atomic E-state index is 12.1. The summed E-state index contributed by atoms with van der Waals surface area (Å²) in [4.78, 5) is 20.9. The van der Waals surface area contributed by atoms with Gasteiger partial charge in [0.15, 0.2) is 5.65 Å². The fourth-order valence-electron chi connectivity index (χ4n) is 4.70. The number of aromatic nitrogens is 3. The average molecular weight is 485 g/mol. The second-order valence-corrected chi connectivity index (χ2v) is 9.39. The molecule has 8 heteroatoms. The molecule has 0 unspecified atom stereocenters. The van der Waals surface area contributed by atoms with Crippen molar-refractivity contribution >= 4 is 23.2 Å². The lowest BCUT2D eigenvalue weighted by atomic mass is 10.0. The fraction of sp³-hybridized carbons (Fsp3) is 0.321. The van der Waals surface area contributed by atoms with Crippen LogP contribution in [0.25, 0.3) is 16.8 Å². The van der Waals surface area contributed by atoms with Crippen molar-refractivity contribution in [3.63, 3.8) is 0 Å². The molecule has 5 rings (SSSR count). The summed E-state index contributed by atoms with van der Waals surface area (Å²) in [5.74, 6) is 0.698. The van der Waals surface area contributed by atoms with Gasteiger partial charge < -0.3 is 15.0 Å². The molecule has 186 valence electrons. The molecule has 0 bridgehead atoms. The van der Waals surface area contributed by atoms with E-state index in [-0.39, 0.29) is 5.91 Å². The first kappa shape index (κ1) is 24.0. The lowest BCUT2D eigenvalue weighted by Crippen LogP contribution is -2.37. The molecule has 0 atom stereocenters. The van der Waals surface area contributed by atoms with E-state index in [1.54, 1.807) is 12.0 Å². The summed E-state index contributed by atoms with van der Waals surface area (Å²) in [6.45, 7) is 2.76. The van der Waals surface area contributed by atoms with E-state index >= 15 is 0 Å². The van der Waals surface area contributed by atoms with Gasteiger partial charge in [0.05, 0.1) is 13.2 Å². The molecular formula is C28H32N6O2. The predicted molar refractivity (Wildman–Crippen MR) is 141 cm³/mol. The van der Waals surface area contributed by atoms with Gasteiger partial charge in [-0.3, -0.25) is 9.69 Å². The number of carbonyl (C=O) groups is 1. The summed E-state index contributed by atoms with van der Waals surface area (Å²) in [6.07, 6.45) is 3.76. The van der Waals surface area contributed by atoms with Crippen molar-refractivity contribution in [1.29, 1.82) is 0 Å².